The smallest absolute Gasteiger partial charge is 0.251 e. The number of hydrogen-bond donors (Lipinski definition) is 1. The summed E-state index contributed by atoms with van der Waals surface area (Å²) in [5.74, 6) is -0.518. The normalized spacial score (nSPS) is 15.5. The monoisotopic (exact) mass is 429 g/mol. The molecule has 1 aliphatic heterocycles. The highest BCUT2D eigenvalue weighted by atomic mass is 32.2. The van der Waals surface area contributed by atoms with Gasteiger partial charge in [-0.1, -0.05) is 35.4 Å². The Morgan fingerprint density at radius 1 is 0.933 bits per heavy atom. The predicted molar refractivity (Wildman–Crippen MR) is 115 cm³/mol. The van der Waals surface area contributed by atoms with E-state index < -0.39 is 10.0 Å². The van der Waals surface area contributed by atoms with Crippen molar-refractivity contribution in [1.82, 2.24) is 14.5 Å². The molecule has 0 radical (unpaired) electrons. The van der Waals surface area contributed by atoms with Gasteiger partial charge in [0.05, 0.1) is 11.4 Å². The van der Waals surface area contributed by atoms with Crippen LogP contribution < -0.4 is 5.32 Å². The van der Waals surface area contributed by atoms with E-state index in [9.17, 15) is 18.0 Å². The minimum atomic E-state index is -3.59. The third kappa shape index (κ3) is 5.25. The van der Waals surface area contributed by atoms with Gasteiger partial charge in [-0.05, 0) is 44.5 Å². The second kappa shape index (κ2) is 9.40. The first-order valence-electron chi connectivity index (χ1n) is 9.97. The van der Waals surface area contributed by atoms with E-state index in [1.165, 1.54) is 4.31 Å². The maximum atomic E-state index is 12.9. The number of carbonyl (C=O) groups is 2. The number of nitrogens with one attached hydrogen (secondary N) is 1. The lowest BCUT2D eigenvalue weighted by molar-refractivity contribution is -0.129. The molecule has 1 aliphatic rings. The molecule has 1 saturated heterocycles. The fourth-order valence-electron chi connectivity index (χ4n) is 3.40. The van der Waals surface area contributed by atoms with E-state index in [0.717, 1.165) is 11.1 Å². The van der Waals surface area contributed by atoms with Crippen LogP contribution in [0, 0.1) is 13.8 Å². The summed E-state index contributed by atoms with van der Waals surface area (Å²) in [6, 6.07) is 13.9. The summed E-state index contributed by atoms with van der Waals surface area (Å²) in [5.41, 5.74) is 2.47. The maximum Gasteiger partial charge on any atom is 0.251 e. The van der Waals surface area contributed by atoms with Gasteiger partial charge in [0, 0.05) is 31.7 Å². The molecule has 0 unspecified atom stereocenters. The van der Waals surface area contributed by atoms with Gasteiger partial charge in [0.15, 0.2) is 0 Å². The third-order valence-electron chi connectivity index (χ3n) is 5.15. The van der Waals surface area contributed by atoms with Crippen molar-refractivity contribution >= 4 is 21.8 Å². The Kier molecular flexibility index (Phi) is 6.89. The topological polar surface area (TPSA) is 86.8 Å². The molecule has 2 amide bonds. The van der Waals surface area contributed by atoms with Crippen molar-refractivity contribution in [2.75, 3.05) is 32.7 Å². The molecule has 1 fully saturated rings. The number of carbonyl (C=O) groups excluding carboxylic acids is 2. The minimum Gasteiger partial charge on any atom is -0.343 e. The molecule has 1 N–H and O–H groups in total. The van der Waals surface area contributed by atoms with Crippen molar-refractivity contribution < 1.29 is 18.0 Å². The first-order valence-corrected chi connectivity index (χ1v) is 11.4. The Morgan fingerprint density at radius 2 is 1.67 bits per heavy atom. The van der Waals surface area contributed by atoms with Crippen molar-refractivity contribution in [3.8, 4) is 0 Å². The molecule has 2 aromatic rings. The van der Waals surface area contributed by atoms with E-state index in [-0.39, 0.29) is 29.8 Å². The first kappa shape index (κ1) is 22.0. The summed E-state index contributed by atoms with van der Waals surface area (Å²) in [6.45, 7) is 5.03. The van der Waals surface area contributed by atoms with Gasteiger partial charge in [-0.3, -0.25) is 9.59 Å². The van der Waals surface area contributed by atoms with Crippen LogP contribution in [0.2, 0.25) is 0 Å². The van der Waals surface area contributed by atoms with Crippen LogP contribution in [-0.4, -0.2) is 62.2 Å². The Morgan fingerprint density at radius 3 is 2.37 bits per heavy atom. The molecule has 0 aromatic heterocycles. The van der Waals surface area contributed by atoms with Crippen LogP contribution in [0.1, 0.15) is 27.9 Å². The van der Waals surface area contributed by atoms with Crippen molar-refractivity contribution in [1.29, 1.82) is 0 Å². The van der Waals surface area contributed by atoms with E-state index in [4.69, 9.17) is 0 Å². The highest BCUT2D eigenvalue weighted by Gasteiger charge is 2.28. The van der Waals surface area contributed by atoms with Crippen LogP contribution in [0.4, 0.5) is 0 Å². The van der Waals surface area contributed by atoms with Gasteiger partial charge in [0.25, 0.3) is 5.91 Å². The number of hydrogen-bond acceptors (Lipinski definition) is 4. The van der Waals surface area contributed by atoms with E-state index in [0.29, 0.717) is 31.6 Å². The summed E-state index contributed by atoms with van der Waals surface area (Å²) in [4.78, 5) is 26.7. The van der Waals surface area contributed by atoms with Crippen LogP contribution in [0.15, 0.2) is 53.4 Å². The lowest BCUT2D eigenvalue weighted by atomic mass is 10.1. The molecule has 0 atom stereocenters. The second-order valence-corrected chi connectivity index (χ2v) is 9.44. The van der Waals surface area contributed by atoms with E-state index in [2.05, 4.69) is 5.32 Å². The molecule has 2 aromatic carbocycles. The van der Waals surface area contributed by atoms with Crippen LogP contribution in [0.25, 0.3) is 0 Å². The average Bonchev–Trinajstić information content (AvgIpc) is 2.99. The highest BCUT2D eigenvalue weighted by molar-refractivity contribution is 7.89. The third-order valence-corrected chi connectivity index (χ3v) is 7.06. The zero-order valence-corrected chi connectivity index (χ0v) is 18.1. The molecule has 3 rings (SSSR count). The van der Waals surface area contributed by atoms with Gasteiger partial charge < -0.3 is 10.2 Å². The zero-order valence-electron chi connectivity index (χ0n) is 17.3. The number of benzene rings is 2. The van der Waals surface area contributed by atoms with E-state index >= 15 is 0 Å². The molecule has 0 saturated carbocycles. The summed E-state index contributed by atoms with van der Waals surface area (Å²) in [5, 5.41) is 2.65. The SMILES string of the molecule is Cc1ccc(S(=O)(=O)N2CCCN(C(=O)CNC(=O)c3cccc(C)c3)CC2)cc1. The van der Waals surface area contributed by atoms with Crippen molar-refractivity contribution in [2.45, 2.75) is 25.2 Å². The van der Waals surface area contributed by atoms with E-state index in [1.807, 2.05) is 19.9 Å². The Labute approximate surface area is 177 Å². The molecule has 30 heavy (non-hydrogen) atoms. The van der Waals surface area contributed by atoms with Gasteiger partial charge >= 0.3 is 0 Å². The molecule has 0 aliphatic carbocycles. The van der Waals surface area contributed by atoms with Gasteiger partial charge in [0.1, 0.15) is 0 Å². The molecule has 1 heterocycles. The number of amides is 2. The van der Waals surface area contributed by atoms with Crippen LogP contribution in [0.5, 0.6) is 0 Å². The Bertz CT molecular complexity index is 1020. The highest BCUT2D eigenvalue weighted by Crippen LogP contribution is 2.18. The van der Waals surface area contributed by atoms with E-state index in [1.54, 1.807) is 47.4 Å². The quantitative estimate of drug-likeness (QED) is 0.787. The van der Waals surface area contributed by atoms with Crippen molar-refractivity contribution in [3.63, 3.8) is 0 Å². The summed E-state index contributed by atoms with van der Waals surface area (Å²) >= 11 is 0. The molecule has 7 nitrogen and oxygen atoms in total. The second-order valence-electron chi connectivity index (χ2n) is 7.50. The predicted octanol–water partition coefficient (Wildman–Crippen LogP) is 1.96. The van der Waals surface area contributed by atoms with Gasteiger partial charge in [-0.2, -0.15) is 4.31 Å². The molecular weight excluding hydrogens is 402 g/mol. The fraction of sp³-hybridized carbons (Fsp3) is 0.364. The maximum absolute atomic E-state index is 12.9. The van der Waals surface area contributed by atoms with Crippen molar-refractivity contribution in [3.05, 3.63) is 65.2 Å². The molecule has 160 valence electrons. The summed E-state index contributed by atoms with van der Waals surface area (Å²) < 4.78 is 27.2. The lowest BCUT2D eigenvalue weighted by Gasteiger charge is -2.22. The van der Waals surface area contributed by atoms with Crippen molar-refractivity contribution in [2.24, 2.45) is 0 Å². The van der Waals surface area contributed by atoms with Gasteiger partial charge in [-0.15, -0.1) is 0 Å². The fourth-order valence-corrected chi connectivity index (χ4v) is 4.87. The number of sulfonamides is 1. The molecular formula is C22H27N3O4S. The number of rotatable bonds is 5. The standard InChI is InChI=1S/C22H27N3O4S/c1-17-7-9-20(10-8-17)30(28,29)25-12-4-11-24(13-14-25)21(26)16-23-22(27)19-6-3-5-18(2)15-19/h3,5-10,15H,4,11-14,16H2,1-2H3,(H,23,27). The van der Waals surface area contributed by atoms with Crippen LogP contribution in [0.3, 0.4) is 0 Å². The zero-order chi connectivity index (χ0) is 21.7. The first-order chi connectivity index (χ1) is 14.3. The molecule has 0 bridgehead atoms. The molecule has 0 spiro atoms. The van der Waals surface area contributed by atoms with Crippen LogP contribution >= 0.6 is 0 Å². The summed E-state index contributed by atoms with van der Waals surface area (Å²) in [7, 11) is -3.59. The average molecular weight is 430 g/mol. The largest absolute Gasteiger partial charge is 0.343 e. The summed E-state index contributed by atoms with van der Waals surface area (Å²) in [6.07, 6.45) is 0.544. The number of aryl methyl sites for hydroxylation is 2. The van der Waals surface area contributed by atoms with Gasteiger partial charge in [0.2, 0.25) is 15.9 Å². The Hall–Kier alpha value is -2.71. The van der Waals surface area contributed by atoms with Gasteiger partial charge in [-0.25, -0.2) is 8.42 Å². The number of nitrogens with zero attached hydrogens (tertiary/aromatic N) is 2. The Balaban J connectivity index is 1.57. The van der Waals surface area contributed by atoms with Crippen LogP contribution in [-0.2, 0) is 14.8 Å². The minimum absolute atomic E-state index is 0.114. The molecule has 8 heteroatoms. The lowest BCUT2D eigenvalue weighted by Crippen LogP contribution is -2.42.